The molecule has 1 aliphatic rings. The number of anilines is 2. The second kappa shape index (κ2) is 4.06. The number of aromatic nitrogens is 1. The average molecular weight is 206 g/mol. The summed E-state index contributed by atoms with van der Waals surface area (Å²) in [6.45, 7) is 6.84. The molecule has 0 spiro atoms. The van der Waals surface area contributed by atoms with Crippen molar-refractivity contribution in [3.05, 3.63) is 18.3 Å². The van der Waals surface area contributed by atoms with Crippen molar-refractivity contribution in [1.29, 1.82) is 0 Å². The summed E-state index contributed by atoms with van der Waals surface area (Å²) in [5.74, 6) is 7.58. The summed E-state index contributed by atoms with van der Waals surface area (Å²) >= 11 is 0. The molecule has 2 atom stereocenters. The summed E-state index contributed by atoms with van der Waals surface area (Å²) in [5, 5.41) is 0. The first-order valence-electron chi connectivity index (χ1n) is 5.38. The number of nitrogens with two attached hydrogens (primary N) is 1. The maximum atomic E-state index is 5.34. The van der Waals surface area contributed by atoms with Gasteiger partial charge in [-0.3, -0.25) is 0 Å². The Balaban J connectivity index is 2.16. The number of nitrogens with one attached hydrogen (secondary N) is 1. The molecule has 1 fully saturated rings. The number of hydrogen-bond donors (Lipinski definition) is 2. The molecule has 1 aromatic heterocycles. The Hall–Kier alpha value is -1.29. The van der Waals surface area contributed by atoms with Crippen LogP contribution in [0.2, 0.25) is 0 Å². The predicted octanol–water partition coefficient (Wildman–Crippen LogP) is 1.46. The van der Waals surface area contributed by atoms with Gasteiger partial charge < -0.3 is 10.3 Å². The second-order valence-electron chi connectivity index (χ2n) is 4.40. The van der Waals surface area contributed by atoms with E-state index in [1.54, 1.807) is 6.20 Å². The second-order valence-corrected chi connectivity index (χ2v) is 4.40. The van der Waals surface area contributed by atoms with Gasteiger partial charge in [0.25, 0.3) is 0 Å². The summed E-state index contributed by atoms with van der Waals surface area (Å²) in [6, 6.07) is 4.02. The third-order valence-corrected chi connectivity index (χ3v) is 3.24. The molecule has 1 saturated heterocycles. The molecule has 1 aliphatic heterocycles. The van der Waals surface area contributed by atoms with Crippen LogP contribution in [-0.2, 0) is 0 Å². The van der Waals surface area contributed by atoms with Crippen LogP contribution in [-0.4, -0.2) is 18.1 Å². The maximum absolute atomic E-state index is 5.34. The fourth-order valence-electron chi connectivity index (χ4n) is 2.04. The number of rotatable bonds is 2. The first-order chi connectivity index (χ1) is 7.20. The highest BCUT2D eigenvalue weighted by molar-refractivity contribution is 5.54. The first kappa shape index (κ1) is 10.2. The smallest absolute Gasteiger partial charge is 0.141 e. The maximum Gasteiger partial charge on any atom is 0.141 e. The summed E-state index contributed by atoms with van der Waals surface area (Å²) in [5.41, 5.74) is 3.78. The summed E-state index contributed by atoms with van der Waals surface area (Å²) in [6.07, 6.45) is 1.79. The molecule has 2 heterocycles. The standard InChI is InChI=1S/C11H18N4/c1-8-6-15(7-9(8)2)10-3-4-13-11(5-10)14-12/h3-5,8-9H,6-7,12H2,1-2H3,(H,13,14). The van der Waals surface area contributed by atoms with Crippen molar-refractivity contribution in [3.8, 4) is 0 Å². The Kier molecular flexibility index (Phi) is 2.77. The van der Waals surface area contributed by atoms with Crippen molar-refractivity contribution in [3.63, 3.8) is 0 Å². The molecule has 4 heteroatoms. The highest BCUT2D eigenvalue weighted by Crippen LogP contribution is 2.28. The predicted molar refractivity (Wildman–Crippen MR) is 62.6 cm³/mol. The van der Waals surface area contributed by atoms with Gasteiger partial charge in [0.05, 0.1) is 0 Å². The lowest BCUT2D eigenvalue weighted by Gasteiger charge is -2.18. The minimum atomic E-state index is 0.722. The zero-order valence-corrected chi connectivity index (χ0v) is 9.27. The molecule has 0 bridgehead atoms. The van der Waals surface area contributed by atoms with Crippen LogP contribution in [0.1, 0.15) is 13.8 Å². The molecular formula is C11H18N4. The van der Waals surface area contributed by atoms with Crippen LogP contribution in [0.4, 0.5) is 11.5 Å². The average Bonchev–Trinajstić information content (AvgIpc) is 2.59. The molecule has 82 valence electrons. The normalized spacial score (nSPS) is 25.7. The van der Waals surface area contributed by atoms with E-state index in [1.165, 1.54) is 5.69 Å². The lowest BCUT2D eigenvalue weighted by molar-refractivity contribution is 0.494. The van der Waals surface area contributed by atoms with Crippen LogP contribution < -0.4 is 16.2 Å². The van der Waals surface area contributed by atoms with E-state index in [1.807, 2.05) is 12.1 Å². The molecule has 15 heavy (non-hydrogen) atoms. The summed E-state index contributed by atoms with van der Waals surface area (Å²) in [4.78, 5) is 6.49. The van der Waals surface area contributed by atoms with Crippen molar-refractivity contribution in [1.82, 2.24) is 4.98 Å². The number of nitrogens with zero attached hydrogens (tertiary/aromatic N) is 2. The zero-order valence-electron chi connectivity index (χ0n) is 9.27. The van der Waals surface area contributed by atoms with Gasteiger partial charge in [0.1, 0.15) is 5.82 Å². The highest BCUT2D eigenvalue weighted by atomic mass is 15.3. The molecular weight excluding hydrogens is 188 g/mol. The van der Waals surface area contributed by atoms with Gasteiger partial charge >= 0.3 is 0 Å². The van der Waals surface area contributed by atoms with Crippen LogP contribution in [0.25, 0.3) is 0 Å². The van der Waals surface area contributed by atoms with E-state index >= 15 is 0 Å². The molecule has 0 radical (unpaired) electrons. The van der Waals surface area contributed by atoms with Crippen LogP contribution in [0, 0.1) is 11.8 Å². The van der Waals surface area contributed by atoms with Crippen molar-refractivity contribution < 1.29 is 0 Å². The molecule has 0 saturated carbocycles. The van der Waals surface area contributed by atoms with E-state index in [9.17, 15) is 0 Å². The molecule has 0 aliphatic carbocycles. The van der Waals surface area contributed by atoms with E-state index in [2.05, 4.69) is 29.2 Å². The van der Waals surface area contributed by atoms with Crippen molar-refractivity contribution in [2.24, 2.45) is 17.7 Å². The molecule has 1 aromatic rings. The Labute approximate surface area is 90.5 Å². The SMILES string of the molecule is CC1CN(c2ccnc(NN)c2)CC1C. The number of pyridine rings is 1. The van der Waals surface area contributed by atoms with E-state index < -0.39 is 0 Å². The summed E-state index contributed by atoms with van der Waals surface area (Å²) < 4.78 is 0. The van der Waals surface area contributed by atoms with Crippen LogP contribution in [0.5, 0.6) is 0 Å². The van der Waals surface area contributed by atoms with E-state index in [4.69, 9.17) is 5.84 Å². The van der Waals surface area contributed by atoms with Crippen LogP contribution in [0.15, 0.2) is 18.3 Å². The van der Waals surface area contributed by atoms with E-state index in [0.29, 0.717) is 0 Å². The minimum absolute atomic E-state index is 0.722. The van der Waals surface area contributed by atoms with E-state index in [-0.39, 0.29) is 0 Å². The minimum Gasteiger partial charge on any atom is -0.371 e. The van der Waals surface area contributed by atoms with Gasteiger partial charge in [-0.1, -0.05) is 13.8 Å². The lowest BCUT2D eigenvalue weighted by Crippen LogP contribution is -2.20. The highest BCUT2D eigenvalue weighted by Gasteiger charge is 2.26. The van der Waals surface area contributed by atoms with Gasteiger partial charge in [0.2, 0.25) is 0 Å². The largest absolute Gasteiger partial charge is 0.371 e. The van der Waals surface area contributed by atoms with Gasteiger partial charge in [0.15, 0.2) is 0 Å². The molecule has 0 aromatic carbocycles. The summed E-state index contributed by atoms with van der Waals surface area (Å²) in [7, 11) is 0. The van der Waals surface area contributed by atoms with Gasteiger partial charge in [0, 0.05) is 31.0 Å². The molecule has 0 amide bonds. The zero-order chi connectivity index (χ0) is 10.8. The fourth-order valence-corrected chi connectivity index (χ4v) is 2.04. The number of hydrazine groups is 1. The van der Waals surface area contributed by atoms with Crippen molar-refractivity contribution in [2.75, 3.05) is 23.4 Å². The van der Waals surface area contributed by atoms with Gasteiger partial charge in [-0.2, -0.15) is 0 Å². The van der Waals surface area contributed by atoms with Crippen molar-refractivity contribution >= 4 is 11.5 Å². The molecule has 2 unspecified atom stereocenters. The lowest BCUT2D eigenvalue weighted by atomic mass is 10.0. The van der Waals surface area contributed by atoms with E-state index in [0.717, 1.165) is 30.7 Å². The van der Waals surface area contributed by atoms with Crippen LogP contribution >= 0.6 is 0 Å². The monoisotopic (exact) mass is 206 g/mol. The third kappa shape index (κ3) is 2.04. The Morgan fingerprint density at radius 2 is 2.07 bits per heavy atom. The molecule has 2 rings (SSSR count). The third-order valence-electron chi connectivity index (χ3n) is 3.24. The van der Waals surface area contributed by atoms with Gasteiger partial charge in [-0.25, -0.2) is 10.8 Å². The van der Waals surface area contributed by atoms with Crippen molar-refractivity contribution in [2.45, 2.75) is 13.8 Å². The fraction of sp³-hybridized carbons (Fsp3) is 0.545. The quantitative estimate of drug-likeness (QED) is 0.568. The Morgan fingerprint density at radius 3 is 2.67 bits per heavy atom. The molecule has 4 nitrogen and oxygen atoms in total. The number of nitrogen functional groups attached to an aromatic ring is 1. The van der Waals surface area contributed by atoms with Gasteiger partial charge in [-0.15, -0.1) is 0 Å². The van der Waals surface area contributed by atoms with Crippen LogP contribution in [0.3, 0.4) is 0 Å². The van der Waals surface area contributed by atoms with Gasteiger partial charge in [-0.05, 0) is 17.9 Å². The topological polar surface area (TPSA) is 54.2 Å². The Bertz CT molecular complexity index is 329. The molecule has 3 N–H and O–H groups in total. The number of hydrogen-bond acceptors (Lipinski definition) is 4. The Morgan fingerprint density at radius 1 is 1.40 bits per heavy atom. The first-order valence-corrected chi connectivity index (χ1v) is 5.38.